The number of ether oxygens (including phenoxy) is 1. The van der Waals surface area contributed by atoms with E-state index in [-0.39, 0.29) is 24.4 Å². The summed E-state index contributed by atoms with van der Waals surface area (Å²) in [6.07, 6.45) is 6.91. The zero-order valence-electron chi connectivity index (χ0n) is 11.3. The Morgan fingerprint density at radius 1 is 0.941 bits per heavy atom. The summed E-state index contributed by atoms with van der Waals surface area (Å²) >= 11 is 0. The maximum Gasteiger partial charge on any atom is 0.0840 e. The van der Waals surface area contributed by atoms with Crippen LogP contribution in [-0.2, 0) is 4.74 Å². The van der Waals surface area contributed by atoms with Gasteiger partial charge in [-0.2, -0.15) is 0 Å². The van der Waals surface area contributed by atoms with Crippen molar-refractivity contribution in [3.05, 3.63) is 0 Å². The molecule has 0 unspecified atom stereocenters. The third-order valence-corrected chi connectivity index (χ3v) is 3.65. The topological polar surface area (TPSA) is 49.7 Å². The molecule has 3 nitrogen and oxygen atoms in total. The number of unbranched alkanes of at least 4 members (excludes halogenated alkanes) is 2. The van der Waals surface area contributed by atoms with Gasteiger partial charge in [0.15, 0.2) is 0 Å². The lowest BCUT2D eigenvalue weighted by Gasteiger charge is -2.21. The summed E-state index contributed by atoms with van der Waals surface area (Å²) in [5, 5.41) is 19.9. The second-order valence-corrected chi connectivity index (χ2v) is 5.21. The summed E-state index contributed by atoms with van der Waals surface area (Å²) in [6, 6.07) is 0. The molecule has 0 bridgehead atoms. The van der Waals surface area contributed by atoms with E-state index < -0.39 is 0 Å². The predicted molar refractivity (Wildman–Crippen MR) is 69.0 cm³/mol. The molecule has 4 atom stereocenters. The Morgan fingerprint density at radius 3 is 1.71 bits per heavy atom. The van der Waals surface area contributed by atoms with Crippen molar-refractivity contribution >= 4 is 0 Å². The Morgan fingerprint density at radius 2 is 1.35 bits per heavy atom. The van der Waals surface area contributed by atoms with E-state index in [0.29, 0.717) is 0 Å². The third kappa shape index (κ3) is 4.94. The van der Waals surface area contributed by atoms with Crippen LogP contribution in [0.25, 0.3) is 0 Å². The van der Waals surface area contributed by atoms with Gasteiger partial charge in [0.05, 0.1) is 24.4 Å². The van der Waals surface area contributed by atoms with Crippen LogP contribution in [0.4, 0.5) is 0 Å². The van der Waals surface area contributed by atoms with Crippen molar-refractivity contribution in [1.82, 2.24) is 0 Å². The van der Waals surface area contributed by atoms with E-state index in [1.165, 1.54) is 0 Å². The lowest BCUT2D eigenvalue weighted by atomic mass is 10.0. The first kappa shape index (κ1) is 14.9. The van der Waals surface area contributed by atoms with Crippen LogP contribution in [0.1, 0.15) is 65.2 Å². The van der Waals surface area contributed by atoms with Gasteiger partial charge in [-0.15, -0.1) is 0 Å². The van der Waals surface area contributed by atoms with Gasteiger partial charge in [0.2, 0.25) is 0 Å². The first-order valence-electron chi connectivity index (χ1n) is 7.20. The van der Waals surface area contributed by atoms with Gasteiger partial charge in [0, 0.05) is 0 Å². The minimum Gasteiger partial charge on any atom is -0.390 e. The molecule has 2 N–H and O–H groups in total. The van der Waals surface area contributed by atoms with Crippen LogP contribution in [0, 0.1) is 0 Å². The SMILES string of the molecule is CCCC[C@@H](O)[C@@H]1CC[C@H]([C@@H](O)CCCC)O1. The molecule has 1 aliphatic rings. The largest absolute Gasteiger partial charge is 0.390 e. The van der Waals surface area contributed by atoms with Crippen molar-refractivity contribution in [3.63, 3.8) is 0 Å². The first-order chi connectivity index (χ1) is 8.19. The van der Waals surface area contributed by atoms with E-state index in [1.54, 1.807) is 0 Å². The molecule has 0 aromatic rings. The minimum atomic E-state index is -0.349. The number of hydrogen-bond acceptors (Lipinski definition) is 3. The lowest BCUT2D eigenvalue weighted by Crippen LogP contribution is -2.31. The first-order valence-corrected chi connectivity index (χ1v) is 7.20. The highest BCUT2D eigenvalue weighted by molar-refractivity contribution is 4.83. The molecule has 1 heterocycles. The van der Waals surface area contributed by atoms with Gasteiger partial charge in [-0.25, -0.2) is 0 Å². The summed E-state index contributed by atoms with van der Waals surface area (Å²) < 4.78 is 5.78. The fourth-order valence-electron chi connectivity index (χ4n) is 2.45. The van der Waals surface area contributed by atoms with Crippen molar-refractivity contribution in [1.29, 1.82) is 0 Å². The Hall–Kier alpha value is -0.120. The van der Waals surface area contributed by atoms with Crippen molar-refractivity contribution in [2.45, 2.75) is 89.6 Å². The molecule has 3 heteroatoms. The summed E-state index contributed by atoms with van der Waals surface area (Å²) in [7, 11) is 0. The highest BCUT2D eigenvalue weighted by Gasteiger charge is 2.33. The van der Waals surface area contributed by atoms with Crippen LogP contribution >= 0.6 is 0 Å². The summed E-state index contributed by atoms with van der Waals surface area (Å²) in [6.45, 7) is 4.25. The predicted octanol–water partition coefficient (Wildman–Crippen LogP) is 2.64. The van der Waals surface area contributed by atoms with Gasteiger partial charge in [-0.05, 0) is 25.7 Å². The quantitative estimate of drug-likeness (QED) is 0.690. The van der Waals surface area contributed by atoms with Gasteiger partial charge < -0.3 is 14.9 Å². The van der Waals surface area contributed by atoms with Crippen LogP contribution in [0.2, 0.25) is 0 Å². The molecule has 0 saturated carbocycles. The molecule has 17 heavy (non-hydrogen) atoms. The van der Waals surface area contributed by atoms with Gasteiger partial charge in [-0.1, -0.05) is 39.5 Å². The number of rotatable bonds is 8. The van der Waals surface area contributed by atoms with Crippen LogP contribution in [0.3, 0.4) is 0 Å². The molecule has 0 amide bonds. The molecule has 0 radical (unpaired) electrons. The third-order valence-electron chi connectivity index (χ3n) is 3.65. The Bertz CT molecular complexity index is 176. The van der Waals surface area contributed by atoms with Crippen LogP contribution in [0.15, 0.2) is 0 Å². The molecular formula is C14H28O3. The second kappa shape index (κ2) is 8.06. The van der Waals surface area contributed by atoms with E-state index in [4.69, 9.17) is 4.74 Å². The molecule has 1 aliphatic heterocycles. The number of aliphatic hydroxyl groups excluding tert-OH is 2. The zero-order valence-corrected chi connectivity index (χ0v) is 11.3. The standard InChI is InChI=1S/C14H28O3/c1-3-5-7-11(15)13-9-10-14(17-13)12(16)8-6-4-2/h11-16H,3-10H2,1-2H3/t11-,12+,13+,14-. The van der Waals surface area contributed by atoms with Gasteiger partial charge in [-0.3, -0.25) is 0 Å². The van der Waals surface area contributed by atoms with E-state index in [0.717, 1.165) is 51.4 Å². The van der Waals surface area contributed by atoms with Crippen molar-refractivity contribution in [2.75, 3.05) is 0 Å². The molecule has 1 fully saturated rings. The smallest absolute Gasteiger partial charge is 0.0840 e. The van der Waals surface area contributed by atoms with Gasteiger partial charge in [0.1, 0.15) is 0 Å². The highest BCUT2D eigenvalue weighted by atomic mass is 16.5. The molecule has 1 rings (SSSR count). The highest BCUT2D eigenvalue weighted by Crippen LogP contribution is 2.27. The normalized spacial score (nSPS) is 28.2. The van der Waals surface area contributed by atoms with E-state index in [1.807, 2.05) is 0 Å². The molecule has 0 spiro atoms. The van der Waals surface area contributed by atoms with Crippen molar-refractivity contribution in [2.24, 2.45) is 0 Å². The van der Waals surface area contributed by atoms with Crippen LogP contribution < -0.4 is 0 Å². The summed E-state index contributed by atoms with van der Waals surface area (Å²) in [5.74, 6) is 0. The van der Waals surface area contributed by atoms with E-state index in [9.17, 15) is 10.2 Å². The fourth-order valence-corrected chi connectivity index (χ4v) is 2.45. The van der Waals surface area contributed by atoms with Crippen molar-refractivity contribution < 1.29 is 14.9 Å². The molecule has 0 aromatic heterocycles. The van der Waals surface area contributed by atoms with Crippen molar-refractivity contribution in [3.8, 4) is 0 Å². The fraction of sp³-hybridized carbons (Fsp3) is 1.00. The van der Waals surface area contributed by atoms with E-state index in [2.05, 4.69) is 13.8 Å². The molecular weight excluding hydrogens is 216 g/mol. The molecule has 0 aromatic carbocycles. The monoisotopic (exact) mass is 244 g/mol. The number of hydrogen-bond donors (Lipinski definition) is 2. The average molecular weight is 244 g/mol. The minimum absolute atomic E-state index is 0.0529. The molecule has 1 saturated heterocycles. The molecule has 102 valence electrons. The van der Waals surface area contributed by atoms with E-state index >= 15 is 0 Å². The van der Waals surface area contributed by atoms with Crippen LogP contribution in [-0.4, -0.2) is 34.6 Å². The zero-order chi connectivity index (χ0) is 12.7. The Balaban J connectivity index is 2.26. The second-order valence-electron chi connectivity index (χ2n) is 5.21. The van der Waals surface area contributed by atoms with Gasteiger partial charge in [0.25, 0.3) is 0 Å². The maximum absolute atomic E-state index is 9.95. The van der Waals surface area contributed by atoms with Crippen LogP contribution in [0.5, 0.6) is 0 Å². The van der Waals surface area contributed by atoms with Gasteiger partial charge >= 0.3 is 0 Å². The number of aliphatic hydroxyl groups is 2. The average Bonchev–Trinajstić information content (AvgIpc) is 2.82. The Kier molecular flexibility index (Phi) is 7.09. The summed E-state index contributed by atoms with van der Waals surface area (Å²) in [4.78, 5) is 0. The lowest BCUT2D eigenvalue weighted by molar-refractivity contribution is -0.0784. The molecule has 0 aliphatic carbocycles. The summed E-state index contributed by atoms with van der Waals surface area (Å²) in [5.41, 5.74) is 0. The maximum atomic E-state index is 9.95. The Labute approximate surface area is 105 Å².